The van der Waals surface area contributed by atoms with E-state index in [1.807, 2.05) is 48.2 Å². The number of imidazole rings is 1. The Morgan fingerprint density at radius 3 is 2.38 bits per heavy atom. The number of anilines is 2. The Morgan fingerprint density at radius 1 is 0.964 bits per heavy atom. The zero-order chi connectivity index (χ0) is 38.8. The number of aromatic hydroxyl groups is 2. The van der Waals surface area contributed by atoms with Gasteiger partial charge in [-0.05, 0) is 65.1 Å². The molecule has 1 aliphatic carbocycles. The molecule has 18 heteroatoms. The second kappa shape index (κ2) is 15.8. The third-order valence-electron chi connectivity index (χ3n) is 10.5. The molecule has 5 heterocycles. The van der Waals surface area contributed by atoms with E-state index in [2.05, 4.69) is 36.3 Å². The quantitative estimate of drug-likeness (QED) is 0.0949. The number of hydrogen-bond donors (Lipinski definition) is 7. The van der Waals surface area contributed by atoms with Crippen molar-refractivity contribution in [3.05, 3.63) is 102 Å². The number of carbonyl (C=O) groups excluding carboxylic acids is 1. The first-order valence-electron chi connectivity index (χ1n) is 18.6. The van der Waals surface area contributed by atoms with Crippen LogP contribution in [0.1, 0.15) is 60.3 Å². The van der Waals surface area contributed by atoms with E-state index in [-0.39, 0.29) is 29.5 Å². The molecule has 56 heavy (non-hydrogen) atoms. The number of aryl methyl sites for hydroxylation is 1. The molecule has 2 aromatic carbocycles. The maximum absolute atomic E-state index is 12.8. The Labute approximate surface area is 321 Å². The van der Waals surface area contributed by atoms with Gasteiger partial charge in [-0.2, -0.15) is 14.8 Å². The maximum Gasteiger partial charge on any atom is 0.315 e. The molecule has 1 aliphatic heterocycles. The first-order valence-corrected chi connectivity index (χ1v) is 18.6. The Bertz CT molecular complexity index is 2220. The monoisotopic (exact) mass is 761 g/mol. The minimum Gasteiger partial charge on any atom is -0.508 e. The Morgan fingerprint density at radius 2 is 1.70 bits per heavy atom. The van der Waals surface area contributed by atoms with Crippen LogP contribution in [0.2, 0.25) is 0 Å². The van der Waals surface area contributed by atoms with Crippen LogP contribution >= 0.6 is 0 Å². The summed E-state index contributed by atoms with van der Waals surface area (Å²) < 4.78 is 1.77. The number of carbonyl (C=O) groups is 1. The summed E-state index contributed by atoms with van der Waals surface area (Å²) in [6, 6.07) is 16.0. The smallest absolute Gasteiger partial charge is 0.315 e. The van der Waals surface area contributed by atoms with Crippen molar-refractivity contribution in [2.45, 2.75) is 69.0 Å². The number of aliphatic hydroxyl groups excluding tert-OH is 2. The summed E-state index contributed by atoms with van der Waals surface area (Å²) in [6.45, 7) is 3.65. The molecule has 8 rings (SSSR count). The summed E-state index contributed by atoms with van der Waals surface area (Å²) in [7, 11) is 0. The number of amides is 2. The van der Waals surface area contributed by atoms with E-state index >= 15 is 0 Å². The summed E-state index contributed by atoms with van der Waals surface area (Å²) >= 11 is 0. The number of benzene rings is 2. The van der Waals surface area contributed by atoms with Gasteiger partial charge < -0.3 is 45.8 Å². The van der Waals surface area contributed by atoms with Crippen LogP contribution in [0.5, 0.6) is 11.5 Å². The predicted molar refractivity (Wildman–Crippen MR) is 204 cm³/mol. The fourth-order valence-corrected chi connectivity index (χ4v) is 7.46. The van der Waals surface area contributed by atoms with Gasteiger partial charge in [0.25, 0.3) is 0 Å². The molecular weight excluding hydrogens is 719 g/mol. The van der Waals surface area contributed by atoms with Crippen LogP contribution in [0.4, 0.5) is 16.6 Å². The number of nitrogens with zero attached hydrogens (tertiary/aromatic N) is 10. The van der Waals surface area contributed by atoms with Crippen LogP contribution < -0.4 is 20.9 Å². The highest BCUT2D eigenvalue weighted by Gasteiger charge is 2.45. The van der Waals surface area contributed by atoms with E-state index in [0.29, 0.717) is 74.2 Å². The summed E-state index contributed by atoms with van der Waals surface area (Å²) in [5.41, 5.74) is 3.65. The molecule has 4 aromatic heterocycles. The molecular formula is C38H43N13O5. The number of rotatable bonds is 12. The lowest BCUT2D eigenvalue weighted by Gasteiger charge is -2.22. The predicted octanol–water partition coefficient (Wildman–Crippen LogP) is 2.41. The number of phenols is 2. The summed E-state index contributed by atoms with van der Waals surface area (Å²) in [5, 5.41) is 64.7. The minimum absolute atomic E-state index is 0.148. The van der Waals surface area contributed by atoms with E-state index in [4.69, 9.17) is 15.0 Å². The van der Waals surface area contributed by atoms with Gasteiger partial charge >= 0.3 is 6.03 Å². The summed E-state index contributed by atoms with van der Waals surface area (Å²) in [4.78, 5) is 35.0. The van der Waals surface area contributed by atoms with Crippen molar-refractivity contribution in [3.8, 4) is 11.5 Å². The second-order valence-electron chi connectivity index (χ2n) is 14.2. The first-order chi connectivity index (χ1) is 27.2. The van der Waals surface area contributed by atoms with Crippen molar-refractivity contribution >= 4 is 29.0 Å². The molecule has 0 spiro atoms. The van der Waals surface area contributed by atoms with Crippen molar-refractivity contribution < 1.29 is 25.2 Å². The fraction of sp³-hybridized carbons (Fsp3) is 0.368. The van der Waals surface area contributed by atoms with Crippen molar-refractivity contribution in [1.82, 2.24) is 55.3 Å². The number of urea groups is 1. The first kappa shape index (κ1) is 36.6. The number of hydrogen-bond acceptors (Lipinski definition) is 14. The number of phenolic OH excluding ortho intramolecular Hbond substituents is 2. The minimum atomic E-state index is -1.18. The molecule has 2 amide bonds. The highest BCUT2D eigenvalue weighted by molar-refractivity contribution is 5.84. The fourth-order valence-electron chi connectivity index (χ4n) is 7.46. The van der Waals surface area contributed by atoms with Gasteiger partial charge in [0.1, 0.15) is 29.7 Å². The highest BCUT2D eigenvalue weighted by atomic mass is 16.3. The Hall–Kier alpha value is -6.40. The molecule has 0 bridgehead atoms. The van der Waals surface area contributed by atoms with E-state index in [0.717, 1.165) is 16.7 Å². The maximum atomic E-state index is 12.8. The molecule has 1 saturated carbocycles. The van der Waals surface area contributed by atoms with Crippen LogP contribution in [0.3, 0.4) is 0 Å². The molecule has 290 valence electrons. The van der Waals surface area contributed by atoms with Gasteiger partial charge in [0, 0.05) is 57.0 Å². The average Bonchev–Trinajstić information content (AvgIpc) is 4.03. The zero-order valence-electron chi connectivity index (χ0n) is 30.6. The molecule has 2 fully saturated rings. The SMILES string of the molecule is CCc1nnn([C@H]2C[C@@H](n3cnc4c(NCC(c5ccc(O)cc5)c5ccc(O)cc5)nc(N5CC[C@@H](NC(=O)NCc6cccnc6)C5)nc43)[C@H](O)[C@@H]2O)n1. The number of pyridine rings is 1. The Kier molecular flexibility index (Phi) is 10.3. The molecule has 6 aromatic rings. The number of tetrazole rings is 1. The molecule has 18 nitrogen and oxygen atoms in total. The number of nitrogens with one attached hydrogen (secondary N) is 3. The van der Waals surface area contributed by atoms with E-state index in [1.54, 1.807) is 47.6 Å². The van der Waals surface area contributed by atoms with Gasteiger partial charge in [-0.3, -0.25) is 4.98 Å². The van der Waals surface area contributed by atoms with E-state index in [9.17, 15) is 25.2 Å². The average molecular weight is 762 g/mol. The molecule has 2 aliphatic rings. The third kappa shape index (κ3) is 7.60. The summed E-state index contributed by atoms with van der Waals surface area (Å²) in [5.74, 6) is 1.48. The van der Waals surface area contributed by atoms with E-state index in [1.165, 1.54) is 4.80 Å². The highest BCUT2D eigenvalue weighted by Crippen LogP contribution is 2.40. The number of aliphatic hydroxyl groups is 2. The molecule has 0 unspecified atom stereocenters. The van der Waals surface area contributed by atoms with Crippen LogP contribution in [0.25, 0.3) is 11.2 Å². The number of aromatic nitrogens is 9. The second-order valence-corrected chi connectivity index (χ2v) is 14.2. The lowest BCUT2D eigenvalue weighted by atomic mass is 9.91. The van der Waals surface area contributed by atoms with E-state index < -0.39 is 24.3 Å². The zero-order valence-corrected chi connectivity index (χ0v) is 30.6. The van der Waals surface area contributed by atoms with Gasteiger partial charge in [-0.15, -0.1) is 10.2 Å². The van der Waals surface area contributed by atoms with Crippen LogP contribution in [0, 0.1) is 0 Å². The van der Waals surface area contributed by atoms with Crippen molar-refractivity contribution in [2.75, 3.05) is 29.9 Å². The largest absolute Gasteiger partial charge is 0.508 e. The van der Waals surface area contributed by atoms with Gasteiger partial charge in [-0.25, -0.2) is 9.78 Å². The van der Waals surface area contributed by atoms with Crippen LogP contribution in [-0.4, -0.2) is 109 Å². The van der Waals surface area contributed by atoms with Gasteiger partial charge in [0.2, 0.25) is 5.95 Å². The number of fused-ring (bicyclic) bond motifs is 1. The Balaban J connectivity index is 1.09. The van der Waals surface area contributed by atoms with Crippen LogP contribution in [0.15, 0.2) is 79.4 Å². The van der Waals surface area contributed by atoms with Crippen molar-refractivity contribution in [1.29, 1.82) is 0 Å². The van der Waals surface area contributed by atoms with Crippen LogP contribution in [-0.2, 0) is 13.0 Å². The van der Waals surface area contributed by atoms with Crippen molar-refractivity contribution in [3.63, 3.8) is 0 Å². The lowest BCUT2D eigenvalue weighted by Crippen LogP contribution is -2.43. The third-order valence-corrected chi connectivity index (χ3v) is 10.5. The molecule has 0 radical (unpaired) electrons. The lowest BCUT2D eigenvalue weighted by molar-refractivity contribution is 0.00473. The van der Waals surface area contributed by atoms with Crippen molar-refractivity contribution in [2.24, 2.45) is 0 Å². The van der Waals surface area contributed by atoms with Gasteiger partial charge in [0.15, 0.2) is 22.8 Å². The standard InChI is InChI=1S/C38H43N13O5/c1-2-31-46-48-51(47-31)30-16-29(33(54)34(30)55)50-21-42-32-35(40-19-28(23-5-9-26(52)10-6-23)24-7-11-27(53)12-8-24)44-37(45-36(32)50)49-15-13-25(20-49)43-38(56)41-18-22-4-3-14-39-17-22/h3-12,14,17,21,25,28-30,33-34,52-55H,2,13,15-16,18-20H2,1H3,(H,40,44,45)(H2,41,43,56)/t25-,29-,30+,33+,34-/m1/s1. The van der Waals surface area contributed by atoms with Gasteiger partial charge in [0.05, 0.1) is 12.4 Å². The topological polar surface area (TPSA) is 237 Å². The summed E-state index contributed by atoms with van der Waals surface area (Å²) in [6.07, 6.45) is 4.18. The molecule has 7 N–H and O–H groups in total. The normalized spacial score (nSPS) is 20.9. The van der Waals surface area contributed by atoms with Gasteiger partial charge in [-0.1, -0.05) is 37.3 Å². The molecule has 5 atom stereocenters. The molecule has 1 saturated heterocycles.